The van der Waals surface area contributed by atoms with Crippen LogP contribution in [0.3, 0.4) is 0 Å². The van der Waals surface area contributed by atoms with Crippen LogP contribution in [0, 0.1) is 0 Å². The molecule has 3 aliphatic heterocycles. The molecule has 0 radical (unpaired) electrons. The van der Waals surface area contributed by atoms with Gasteiger partial charge in [-0.3, -0.25) is 14.7 Å². The average Bonchev–Trinajstić information content (AvgIpc) is 2.80. The number of hydrogen-bond acceptors (Lipinski definition) is 8. The maximum atomic E-state index is 5.82. The number of rotatable bonds is 12. The van der Waals surface area contributed by atoms with Crippen LogP contribution in [-0.4, -0.2) is 175 Å². The first-order chi connectivity index (χ1) is 15.6. The smallest absolute Gasteiger partial charge is 0.0593 e. The highest BCUT2D eigenvalue weighted by Crippen LogP contribution is 2.19. The topological polar surface area (TPSA) is 37.9 Å². The van der Waals surface area contributed by atoms with Gasteiger partial charge in [0.1, 0.15) is 0 Å². The molecule has 3 fully saturated rings. The fraction of sp³-hybridized carbons (Fsp3) is 1.00. The van der Waals surface area contributed by atoms with Crippen molar-refractivity contribution in [1.82, 2.24) is 29.4 Å². The Morgan fingerprint density at radius 1 is 0.594 bits per heavy atom. The minimum atomic E-state index is 0.600. The van der Waals surface area contributed by atoms with Crippen molar-refractivity contribution < 1.29 is 9.47 Å². The second-order valence-corrected chi connectivity index (χ2v) is 10.2. The summed E-state index contributed by atoms with van der Waals surface area (Å²) in [6.45, 7) is 18.0. The number of nitrogens with zero attached hydrogens (tertiary/aromatic N) is 6. The van der Waals surface area contributed by atoms with Gasteiger partial charge in [-0.25, -0.2) is 0 Å². The van der Waals surface area contributed by atoms with E-state index in [2.05, 4.69) is 50.5 Å². The molecule has 0 aromatic carbocycles. The Morgan fingerprint density at radius 2 is 1.16 bits per heavy atom. The van der Waals surface area contributed by atoms with E-state index in [0.29, 0.717) is 12.1 Å². The van der Waals surface area contributed by atoms with Crippen LogP contribution in [0.15, 0.2) is 0 Å². The van der Waals surface area contributed by atoms with Gasteiger partial charge in [0.05, 0.1) is 6.61 Å². The molecule has 0 saturated carbocycles. The van der Waals surface area contributed by atoms with Gasteiger partial charge < -0.3 is 24.2 Å². The zero-order chi connectivity index (χ0) is 22.8. The molecule has 0 aromatic heterocycles. The van der Waals surface area contributed by atoms with Gasteiger partial charge in [0, 0.05) is 104 Å². The zero-order valence-electron chi connectivity index (χ0n) is 21.4. The molecule has 0 aliphatic carbocycles. The molecule has 3 aliphatic rings. The highest BCUT2D eigenvalue weighted by Gasteiger charge is 2.36. The molecule has 0 bridgehead atoms. The van der Waals surface area contributed by atoms with Crippen molar-refractivity contribution in [1.29, 1.82) is 0 Å². The van der Waals surface area contributed by atoms with Gasteiger partial charge >= 0.3 is 0 Å². The number of likely N-dealkylation sites (N-methyl/N-ethyl adjacent to an activating group) is 3. The lowest BCUT2D eigenvalue weighted by molar-refractivity contribution is -0.00926. The van der Waals surface area contributed by atoms with Crippen molar-refractivity contribution in [3.63, 3.8) is 0 Å². The third kappa shape index (κ3) is 8.47. The molecule has 8 nitrogen and oxygen atoms in total. The lowest BCUT2D eigenvalue weighted by Gasteiger charge is -2.49. The Balaban J connectivity index is 1.39. The van der Waals surface area contributed by atoms with Gasteiger partial charge in [-0.2, -0.15) is 0 Å². The molecule has 3 saturated heterocycles. The van der Waals surface area contributed by atoms with Crippen molar-refractivity contribution in [3.05, 3.63) is 0 Å². The van der Waals surface area contributed by atoms with Crippen molar-refractivity contribution in [2.45, 2.75) is 24.9 Å². The molecule has 32 heavy (non-hydrogen) atoms. The van der Waals surface area contributed by atoms with Gasteiger partial charge in [-0.15, -0.1) is 0 Å². The minimum absolute atomic E-state index is 0.600. The summed E-state index contributed by atoms with van der Waals surface area (Å²) in [6, 6.07) is 1.21. The average molecular weight is 455 g/mol. The summed E-state index contributed by atoms with van der Waals surface area (Å²) in [4.78, 5) is 15.7. The molecule has 3 rings (SSSR count). The fourth-order valence-corrected chi connectivity index (χ4v) is 5.35. The largest absolute Gasteiger partial charge is 0.385 e. The van der Waals surface area contributed by atoms with Gasteiger partial charge in [-0.05, 0) is 47.1 Å². The van der Waals surface area contributed by atoms with Crippen LogP contribution in [0.2, 0.25) is 0 Å². The fourth-order valence-electron chi connectivity index (χ4n) is 5.35. The summed E-state index contributed by atoms with van der Waals surface area (Å²) < 4.78 is 10.9. The summed E-state index contributed by atoms with van der Waals surface area (Å²) >= 11 is 0. The summed E-state index contributed by atoms with van der Waals surface area (Å²) in [7, 11) is 8.64. The van der Waals surface area contributed by atoms with E-state index >= 15 is 0 Å². The predicted octanol–water partition coefficient (Wildman–Crippen LogP) is -0.0910. The van der Waals surface area contributed by atoms with Crippen molar-refractivity contribution >= 4 is 0 Å². The molecular weight excluding hydrogens is 404 g/mol. The lowest BCUT2D eigenvalue weighted by atomic mass is 9.99. The van der Waals surface area contributed by atoms with Crippen LogP contribution < -0.4 is 0 Å². The van der Waals surface area contributed by atoms with Gasteiger partial charge in [0.25, 0.3) is 0 Å². The first-order valence-electron chi connectivity index (χ1n) is 12.9. The van der Waals surface area contributed by atoms with Crippen LogP contribution in [0.4, 0.5) is 0 Å². The standard InChI is InChI=1S/C24H50N6O2/c1-25-9-13-28(14-10-25)7-5-8-29-15-11-26(2)23(21-29)24-22-30(16-12-27(24)3)17-20-32-19-6-18-31-4/h23-24H,5-22H2,1-4H3. The normalized spacial score (nSPS) is 28.5. The van der Waals surface area contributed by atoms with Crippen molar-refractivity contribution in [2.75, 3.05) is 133 Å². The van der Waals surface area contributed by atoms with Crippen molar-refractivity contribution in [3.8, 4) is 0 Å². The highest BCUT2D eigenvalue weighted by atomic mass is 16.5. The second kappa shape index (κ2) is 14.2. The Labute approximate surface area is 197 Å². The molecule has 188 valence electrons. The van der Waals surface area contributed by atoms with Crippen LogP contribution in [0.5, 0.6) is 0 Å². The second-order valence-electron chi connectivity index (χ2n) is 10.2. The van der Waals surface area contributed by atoms with E-state index in [1.165, 1.54) is 65.3 Å². The van der Waals surface area contributed by atoms with E-state index in [9.17, 15) is 0 Å². The number of hydrogen-bond donors (Lipinski definition) is 0. The zero-order valence-corrected chi connectivity index (χ0v) is 21.4. The van der Waals surface area contributed by atoms with Crippen LogP contribution >= 0.6 is 0 Å². The summed E-state index contributed by atoms with van der Waals surface area (Å²) in [5.41, 5.74) is 0. The molecule has 0 aromatic rings. The lowest BCUT2D eigenvalue weighted by Crippen LogP contribution is -2.65. The Morgan fingerprint density at radius 3 is 1.78 bits per heavy atom. The quantitative estimate of drug-likeness (QED) is 0.379. The third-order valence-electron chi connectivity index (χ3n) is 7.74. The molecule has 2 unspecified atom stereocenters. The maximum Gasteiger partial charge on any atom is 0.0593 e. The third-order valence-corrected chi connectivity index (χ3v) is 7.74. The molecule has 0 amide bonds. The van der Waals surface area contributed by atoms with E-state index in [0.717, 1.165) is 52.4 Å². The maximum absolute atomic E-state index is 5.82. The molecule has 0 N–H and O–H groups in total. The molecular formula is C24H50N6O2. The van der Waals surface area contributed by atoms with Crippen LogP contribution in [0.1, 0.15) is 12.8 Å². The predicted molar refractivity (Wildman–Crippen MR) is 132 cm³/mol. The summed E-state index contributed by atoms with van der Waals surface area (Å²) in [6.07, 6.45) is 2.28. The van der Waals surface area contributed by atoms with E-state index in [1.54, 1.807) is 7.11 Å². The summed E-state index contributed by atoms with van der Waals surface area (Å²) in [5, 5.41) is 0. The molecule has 8 heteroatoms. The van der Waals surface area contributed by atoms with E-state index in [4.69, 9.17) is 9.47 Å². The van der Waals surface area contributed by atoms with Crippen LogP contribution in [-0.2, 0) is 9.47 Å². The Hall–Kier alpha value is -0.320. The SMILES string of the molecule is COCCCOCCN1CCN(C)C(C2CN(CCCN3CCN(C)CC3)CCN2C)C1. The molecule has 2 atom stereocenters. The monoisotopic (exact) mass is 454 g/mol. The van der Waals surface area contributed by atoms with Gasteiger partial charge in [0.2, 0.25) is 0 Å². The molecule has 3 heterocycles. The number of ether oxygens (including phenoxy) is 2. The van der Waals surface area contributed by atoms with E-state index in [-0.39, 0.29) is 0 Å². The first kappa shape index (κ1) is 26.3. The number of methoxy groups -OCH3 is 1. The molecule has 0 spiro atoms. The Bertz CT molecular complexity index is 505. The van der Waals surface area contributed by atoms with Gasteiger partial charge in [0.15, 0.2) is 0 Å². The number of piperazine rings is 3. The van der Waals surface area contributed by atoms with E-state index in [1.807, 2.05) is 0 Å². The highest BCUT2D eigenvalue weighted by molar-refractivity contribution is 4.94. The minimum Gasteiger partial charge on any atom is -0.385 e. The van der Waals surface area contributed by atoms with Crippen LogP contribution in [0.25, 0.3) is 0 Å². The first-order valence-corrected chi connectivity index (χ1v) is 12.9. The summed E-state index contributed by atoms with van der Waals surface area (Å²) in [5.74, 6) is 0. The Kier molecular flexibility index (Phi) is 11.6. The van der Waals surface area contributed by atoms with E-state index < -0.39 is 0 Å². The van der Waals surface area contributed by atoms with Crippen molar-refractivity contribution in [2.24, 2.45) is 0 Å². The van der Waals surface area contributed by atoms with Gasteiger partial charge in [-0.1, -0.05) is 0 Å².